The van der Waals surface area contributed by atoms with Gasteiger partial charge in [-0.1, -0.05) is 0 Å². The molecule has 6 heteroatoms. The molecule has 0 unspecified atom stereocenters. The Bertz CT molecular complexity index is 511. The summed E-state index contributed by atoms with van der Waals surface area (Å²) in [6, 6.07) is 2.06. The smallest absolute Gasteiger partial charge is 0.248 e. The molecule has 1 aromatic rings. The van der Waals surface area contributed by atoms with E-state index >= 15 is 0 Å². The van der Waals surface area contributed by atoms with Crippen LogP contribution in [-0.2, 0) is 16.0 Å². The highest BCUT2D eigenvalue weighted by atomic mass is 16.5. The molecule has 0 radical (unpaired) electrons. The Morgan fingerprint density at radius 2 is 2.05 bits per heavy atom. The molecule has 0 atom stereocenters. The van der Waals surface area contributed by atoms with Gasteiger partial charge in [0.1, 0.15) is 18.2 Å². The third-order valence-electron chi connectivity index (χ3n) is 4.07. The van der Waals surface area contributed by atoms with Crippen LogP contribution in [0.2, 0.25) is 0 Å². The number of anilines is 1. The van der Waals surface area contributed by atoms with Crippen LogP contribution in [0.1, 0.15) is 24.4 Å². The second-order valence-electron chi connectivity index (χ2n) is 6.12. The van der Waals surface area contributed by atoms with E-state index in [1.54, 1.807) is 7.11 Å². The maximum Gasteiger partial charge on any atom is 0.248 e. The zero-order chi connectivity index (χ0) is 16.1. The van der Waals surface area contributed by atoms with Gasteiger partial charge in [0.15, 0.2) is 0 Å². The fourth-order valence-electron chi connectivity index (χ4n) is 2.84. The Balaban J connectivity index is 1.92. The summed E-state index contributed by atoms with van der Waals surface area (Å²) in [6.07, 6.45) is 3.00. The van der Waals surface area contributed by atoms with E-state index in [1.807, 2.05) is 30.8 Å². The maximum atomic E-state index is 11.8. The Hall–Kier alpha value is -1.69. The highest BCUT2D eigenvalue weighted by molar-refractivity contribution is 5.77. The number of aryl methyl sites for hydroxylation is 1. The van der Waals surface area contributed by atoms with Crippen molar-refractivity contribution in [2.45, 2.75) is 26.2 Å². The molecule has 2 heterocycles. The van der Waals surface area contributed by atoms with Gasteiger partial charge in [-0.2, -0.15) is 0 Å². The lowest BCUT2D eigenvalue weighted by Gasteiger charge is -2.31. The van der Waals surface area contributed by atoms with Crippen LogP contribution in [0.5, 0.6) is 0 Å². The van der Waals surface area contributed by atoms with Crippen molar-refractivity contribution in [3.8, 4) is 0 Å². The van der Waals surface area contributed by atoms with Crippen molar-refractivity contribution in [1.82, 2.24) is 14.9 Å². The zero-order valence-electron chi connectivity index (χ0n) is 14.0. The molecule has 0 spiro atoms. The van der Waals surface area contributed by atoms with E-state index < -0.39 is 0 Å². The Kier molecular flexibility index (Phi) is 5.71. The van der Waals surface area contributed by atoms with Crippen molar-refractivity contribution >= 4 is 11.7 Å². The number of carbonyl (C=O) groups excluding carboxylic acids is 1. The molecule has 0 bridgehead atoms. The van der Waals surface area contributed by atoms with Crippen LogP contribution in [0, 0.1) is 12.8 Å². The Morgan fingerprint density at radius 1 is 1.36 bits per heavy atom. The van der Waals surface area contributed by atoms with E-state index in [-0.39, 0.29) is 12.5 Å². The average molecular weight is 306 g/mol. The second kappa shape index (κ2) is 7.54. The number of methoxy groups -OCH3 is 1. The summed E-state index contributed by atoms with van der Waals surface area (Å²) in [7, 11) is 5.54. The Morgan fingerprint density at radius 3 is 2.64 bits per heavy atom. The topological polar surface area (TPSA) is 58.6 Å². The lowest BCUT2D eigenvalue weighted by Crippen LogP contribution is -2.40. The largest absolute Gasteiger partial charge is 0.375 e. The molecule has 0 saturated carbocycles. The van der Waals surface area contributed by atoms with Crippen LogP contribution in [-0.4, -0.2) is 61.7 Å². The van der Waals surface area contributed by atoms with Gasteiger partial charge in [0.05, 0.1) is 0 Å². The van der Waals surface area contributed by atoms with Crippen LogP contribution in [0.15, 0.2) is 6.07 Å². The molecule has 1 aliphatic heterocycles. The van der Waals surface area contributed by atoms with Gasteiger partial charge < -0.3 is 14.5 Å². The fraction of sp³-hybridized carbons (Fsp3) is 0.688. The van der Waals surface area contributed by atoms with Gasteiger partial charge in [-0.05, 0) is 32.1 Å². The number of likely N-dealkylation sites (tertiary alicyclic amines) is 1. The van der Waals surface area contributed by atoms with Gasteiger partial charge in [-0.25, -0.2) is 9.97 Å². The van der Waals surface area contributed by atoms with Gasteiger partial charge in [-0.15, -0.1) is 0 Å². The fourth-order valence-corrected chi connectivity index (χ4v) is 2.84. The predicted octanol–water partition coefficient (Wildman–Crippen LogP) is 1.28. The molecule has 22 heavy (non-hydrogen) atoms. The summed E-state index contributed by atoms with van der Waals surface area (Å²) in [6.45, 7) is 3.75. The SMILES string of the molecule is COCC(=O)N1CCC(Cc2cc(N(C)C)nc(C)n2)CC1. The molecular weight excluding hydrogens is 280 g/mol. The minimum atomic E-state index is 0.0914. The predicted molar refractivity (Wildman–Crippen MR) is 86.0 cm³/mol. The molecule has 6 nitrogen and oxygen atoms in total. The van der Waals surface area contributed by atoms with Crippen LogP contribution in [0.3, 0.4) is 0 Å². The summed E-state index contributed by atoms with van der Waals surface area (Å²) in [5, 5.41) is 0. The number of hydrogen-bond acceptors (Lipinski definition) is 5. The van der Waals surface area contributed by atoms with E-state index in [0.29, 0.717) is 5.92 Å². The molecule has 0 aromatic carbocycles. The number of carbonyl (C=O) groups is 1. The molecule has 1 amide bonds. The molecule has 1 saturated heterocycles. The van der Waals surface area contributed by atoms with Crippen LogP contribution < -0.4 is 4.90 Å². The zero-order valence-corrected chi connectivity index (χ0v) is 14.0. The molecular formula is C16H26N4O2. The standard InChI is InChI=1S/C16H26N4O2/c1-12-17-14(10-15(18-12)19(2)3)9-13-5-7-20(8-6-13)16(21)11-22-4/h10,13H,5-9,11H2,1-4H3. The van der Waals surface area contributed by atoms with Crippen molar-refractivity contribution in [3.63, 3.8) is 0 Å². The highest BCUT2D eigenvalue weighted by Crippen LogP contribution is 2.22. The molecule has 1 aliphatic rings. The van der Waals surface area contributed by atoms with Crippen LogP contribution >= 0.6 is 0 Å². The van der Waals surface area contributed by atoms with Crippen molar-refractivity contribution in [2.24, 2.45) is 5.92 Å². The van der Waals surface area contributed by atoms with Gasteiger partial charge in [0.2, 0.25) is 5.91 Å². The summed E-state index contributed by atoms with van der Waals surface area (Å²) in [5.41, 5.74) is 1.10. The van der Waals surface area contributed by atoms with Gasteiger partial charge in [0, 0.05) is 46.1 Å². The third kappa shape index (κ3) is 4.40. The molecule has 2 rings (SSSR count). The maximum absolute atomic E-state index is 11.8. The van der Waals surface area contributed by atoms with E-state index in [1.165, 1.54) is 0 Å². The van der Waals surface area contributed by atoms with Gasteiger partial charge in [0.25, 0.3) is 0 Å². The monoisotopic (exact) mass is 306 g/mol. The minimum absolute atomic E-state index is 0.0914. The highest BCUT2D eigenvalue weighted by Gasteiger charge is 2.23. The van der Waals surface area contributed by atoms with Crippen molar-refractivity contribution in [1.29, 1.82) is 0 Å². The number of piperidine rings is 1. The van der Waals surface area contributed by atoms with E-state index in [0.717, 1.165) is 49.7 Å². The summed E-state index contributed by atoms with van der Waals surface area (Å²) >= 11 is 0. The quantitative estimate of drug-likeness (QED) is 0.820. The first-order valence-corrected chi connectivity index (χ1v) is 7.78. The molecule has 1 aromatic heterocycles. The molecule has 122 valence electrons. The first-order valence-electron chi connectivity index (χ1n) is 7.78. The molecule has 0 aliphatic carbocycles. The lowest BCUT2D eigenvalue weighted by atomic mass is 9.92. The summed E-state index contributed by atoms with van der Waals surface area (Å²) < 4.78 is 4.92. The van der Waals surface area contributed by atoms with E-state index in [4.69, 9.17) is 4.74 Å². The molecule has 1 fully saturated rings. The van der Waals surface area contributed by atoms with Crippen molar-refractivity contribution in [3.05, 3.63) is 17.6 Å². The number of ether oxygens (including phenoxy) is 1. The number of hydrogen-bond donors (Lipinski definition) is 0. The number of nitrogens with zero attached hydrogens (tertiary/aromatic N) is 4. The minimum Gasteiger partial charge on any atom is -0.375 e. The number of rotatable bonds is 5. The number of amides is 1. The first kappa shape index (κ1) is 16.7. The van der Waals surface area contributed by atoms with Gasteiger partial charge >= 0.3 is 0 Å². The van der Waals surface area contributed by atoms with Crippen molar-refractivity contribution in [2.75, 3.05) is 45.8 Å². The first-order chi connectivity index (χ1) is 10.5. The van der Waals surface area contributed by atoms with E-state index in [2.05, 4.69) is 16.0 Å². The van der Waals surface area contributed by atoms with Gasteiger partial charge in [-0.3, -0.25) is 4.79 Å². The van der Waals surface area contributed by atoms with E-state index in [9.17, 15) is 4.79 Å². The number of aromatic nitrogens is 2. The Labute approximate surface area is 132 Å². The molecule has 0 N–H and O–H groups in total. The lowest BCUT2D eigenvalue weighted by molar-refractivity contribution is -0.136. The summed E-state index contributed by atoms with van der Waals surface area (Å²) in [4.78, 5) is 24.7. The second-order valence-corrected chi connectivity index (χ2v) is 6.12. The van der Waals surface area contributed by atoms with Crippen LogP contribution in [0.4, 0.5) is 5.82 Å². The van der Waals surface area contributed by atoms with Crippen molar-refractivity contribution < 1.29 is 9.53 Å². The normalized spacial score (nSPS) is 15.9. The summed E-state index contributed by atoms with van der Waals surface area (Å²) in [5.74, 6) is 2.44. The third-order valence-corrected chi connectivity index (χ3v) is 4.07. The van der Waals surface area contributed by atoms with Crippen LogP contribution in [0.25, 0.3) is 0 Å². The average Bonchev–Trinajstić information content (AvgIpc) is 2.47.